The largest absolute Gasteiger partial charge is 0.369 e. The van der Waals surface area contributed by atoms with Crippen LogP contribution in [0.15, 0.2) is 96.1 Å². The van der Waals surface area contributed by atoms with Gasteiger partial charge in [-0.25, -0.2) is 14.0 Å². The highest BCUT2D eigenvalue weighted by Crippen LogP contribution is 2.25. The van der Waals surface area contributed by atoms with Gasteiger partial charge < -0.3 is 10.2 Å². The van der Waals surface area contributed by atoms with E-state index >= 15 is 0 Å². The number of nitrogens with zero attached hydrogens (tertiary/aromatic N) is 5. The van der Waals surface area contributed by atoms with Crippen molar-refractivity contribution in [3.05, 3.63) is 113 Å². The van der Waals surface area contributed by atoms with Crippen molar-refractivity contribution in [2.75, 3.05) is 31.1 Å². The van der Waals surface area contributed by atoms with Gasteiger partial charge in [-0.2, -0.15) is 5.10 Å². The molecule has 1 saturated heterocycles. The zero-order chi connectivity index (χ0) is 24.9. The summed E-state index contributed by atoms with van der Waals surface area (Å²) < 4.78 is 2.84. The Morgan fingerprint density at radius 1 is 0.861 bits per heavy atom. The summed E-state index contributed by atoms with van der Waals surface area (Å²) in [6, 6.07) is 27.6. The third kappa shape index (κ3) is 5.08. The molecule has 0 radical (unpaired) electrons. The number of amides is 1. The maximum absolute atomic E-state index is 13.4. The van der Waals surface area contributed by atoms with Crippen LogP contribution in [-0.4, -0.2) is 51.3 Å². The van der Waals surface area contributed by atoms with Crippen LogP contribution in [-0.2, 0) is 18.4 Å². The third-order valence-electron chi connectivity index (χ3n) is 6.67. The average Bonchev–Trinajstić information content (AvgIpc) is 3.27. The van der Waals surface area contributed by atoms with Crippen LogP contribution in [0.25, 0.3) is 5.69 Å². The lowest BCUT2D eigenvalue weighted by atomic mass is 10.0. The molecule has 5 rings (SSSR count). The average molecular weight is 483 g/mol. The molecule has 2 heterocycles. The maximum atomic E-state index is 13.4. The lowest BCUT2D eigenvalue weighted by Crippen LogP contribution is -2.51. The third-order valence-corrected chi connectivity index (χ3v) is 6.67. The molecule has 1 fully saturated rings. The van der Waals surface area contributed by atoms with E-state index in [1.54, 1.807) is 7.05 Å². The van der Waals surface area contributed by atoms with Crippen molar-refractivity contribution < 1.29 is 4.79 Å². The number of aromatic nitrogens is 3. The standard InChI is InChI=1S/C28H30N6O2/c1-31-28(36)34(21-30-31)25-14-12-24(13-15-25)32-16-18-33(19-17-32)26(23-10-6-3-7-11-23)27(35)29-20-22-8-4-2-5-9-22/h2-15,21,26H,16-20H2,1H3,(H,29,35). The van der Waals surface area contributed by atoms with E-state index in [-0.39, 0.29) is 17.6 Å². The van der Waals surface area contributed by atoms with Crippen LogP contribution in [0.2, 0.25) is 0 Å². The Balaban J connectivity index is 1.26. The minimum Gasteiger partial charge on any atom is -0.369 e. The Morgan fingerprint density at radius 2 is 1.47 bits per heavy atom. The van der Waals surface area contributed by atoms with E-state index in [0.717, 1.165) is 48.7 Å². The fourth-order valence-corrected chi connectivity index (χ4v) is 4.67. The molecule has 0 saturated carbocycles. The predicted molar refractivity (Wildman–Crippen MR) is 140 cm³/mol. The molecular weight excluding hydrogens is 452 g/mol. The number of rotatable bonds is 7. The molecule has 1 atom stereocenters. The lowest BCUT2D eigenvalue weighted by molar-refractivity contribution is -0.127. The number of anilines is 1. The Morgan fingerprint density at radius 3 is 2.08 bits per heavy atom. The molecule has 1 N–H and O–H groups in total. The number of carbonyl (C=O) groups is 1. The summed E-state index contributed by atoms with van der Waals surface area (Å²) in [4.78, 5) is 30.1. The fourth-order valence-electron chi connectivity index (χ4n) is 4.67. The van der Waals surface area contributed by atoms with Gasteiger partial charge >= 0.3 is 5.69 Å². The van der Waals surface area contributed by atoms with Crippen molar-refractivity contribution in [3.8, 4) is 5.69 Å². The van der Waals surface area contributed by atoms with Crippen molar-refractivity contribution in [2.24, 2.45) is 7.05 Å². The molecule has 3 aromatic carbocycles. The summed E-state index contributed by atoms with van der Waals surface area (Å²) in [6.45, 7) is 3.66. The second kappa shape index (κ2) is 10.6. The lowest BCUT2D eigenvalue weighted by Gasteiger charge is -2.39. The van der Waals surface area contributed by atoms with Crippen LogP contribution in [0, 0.1) is 0 Å². The number of nitrogens with one attached hydrogen (secondary N) is 1. The highest BCUT2D eigenvalue weighted by Gasteiger charge is 2.30. The van der Waals surface area contributed by atoms with Gasteiger partial charge in [0.15, 0.2) is 0 Å². The summed E-state index contributed by atoms with van der Waals surface area (Å²) in [5, 5.41) is 7.15. The Labute approximate surface area is 210 Å². The van der Waals surface area contributed by atoms with Crippen LogP contribution in [0.4, 0.5) is 5.69 Å². The van der Waals surface area contributed by atoms with Crippen LogP contribution < -0.4 is 15.9 Å². The first-order valence-corrected chi connectivity index (χ1v) is 12.2. The number of benzene rings is 3. The second-order valence-electron chi connectivity index (χ2n) is 8.96. The van der Waals surface area contributed by atoms with Crippen molar-refractivity contribution in [3.63, 3.8) is 0 Å². The van der Waals surface area contributed by atoms with Gasteiger partial charge in [0, 0.05) is 45.5 Å². The van der Waals surface area contributed by atoms with E-state index in [2.05, 4.69) is 20.2 Å². The SMILES string of the molecule is Cn1ncn(-c2ccc(N3CCN(C(C(=O)NCc4ccccc4)c4ccccc4)CC3)cc2)c1=O. The highest BCUT2D eigenvalue weighted by molar-refractivity contribution is 5.83. The van der Waals surface area contributed by atoms with Crippen molar-refractivity contribution >= 4 is 11.6 Å². The number of hydrogen-bond acceptors (Lipinski definition) is 5. The molecule has 0 aliphatic carbocycles. The molecule has 4 aromatic rings. The number of hydrogen-bond donors (Lipinski definition) is 1. The van der Waals surface area contributed by atoms with Crippen LogP contribution >= 0.6 is 0 Å². The Bertz CT molecular complexity index is 1340. The number of carbonyl (C=O) groups excluding carboxylic acids is 1. The molecule has 1 aliphatic rings. The highest BCUT2D eigenvalue weighted by atomic mass is 16.2. The molecule has 1 unspecified atom stereocenters. The van der Waals surface area contributed by atoms with Gasteiger partial charge in [0.05, 0.1) is 5.69 Å². The van der Waals surface area contributed by atoms with E-state index in [1.807, 2.05) is 84.9 Å². The molecule has 1 aromatic heterocycles. The minimum atomic E-state index is -0.336. The Hall–Kier alpha value is -4.17. The second-order valence-corrected chi connectivity index (χ2v) is 8.96. The molecular formula is C28H30N6O2. The predicted octanol–water partition coefficient (Wildman–Crippen LogP) is 2.75. The van der Waals surface area contributed by atoms with Gasteiger partial charge in [0.25, 0.3) is 0 Å². The van der Waals surface area contributed by atoms with Crippen LogP contribution in [0.1, 0.15) is 17.2 Å². The van der Waals surface area contributed by atoms with E-state index in [4.69, 9.17) is 0 Å². The van der Waals surface area contributed by atoms with Gasteiger partial charge in [0.2, 0.25) is 5.91 Å². The first-order valence-electron chi connectivity index (χ1n) is 12.2. The topological polar surface area (TPSA) is 75.4 Å². The summed E-state index contributed by atoms with van der Waals surface area (Å²) in [5.74, 6) is 0.0183. The van der Waals surface area contributed by atoms with Crippen molar-refractivity contribution in [1.29, 1.82) is 0 Å². The fraction of sp³-hybridized carbons (Fsp3) is 0.250. The molecule has 1 aliphatic heterocycles. The van der Waals surface area contributed by atoms with Gasteiger partial charge in [-0.15, -0.1) is 0 Å². The smallest absolute Gasteiger partial charge is 0.350 e. The normalized spacial score (nSPS) is 15.0. The van der Waals surface area contributed by atoms with Gasteiger partial charge in [-0.1, -0.05) is 60.7 Å². The summed E-state index contributed by atoms with van der Waals surface area (Å²) in [6.07, 6.45) is 1.53. The van der Waals surface area contributed by atoms with E-state index in [9.17, 15) is 9.59 Å². The van der Waals surface area contributed by atoms with E-state index < -0.39 is 0 Å². The van der Waals surface area contributed by atoms with Crippen LogP contribution in [0.3, 0.4) is 0 Å². The summed E-state index contributed by atoms with van der Waals surface area (Å²) in [7, 11) is 1.64. The monoisotopic (exact) mass is 482 g/mol. The maximum Gasteiger partial charge on any atom is 0.350 e. The molecule has 8 heteroatoms. The molecule has 36 heavy (non-hydrogen) atoms. The minimum absolute atomic E-state index is 0.0183. The van der Waals surface area contributed by atoms with E-state index in [0.29, 0.717) is 6.54 Å². The zero-order valence-electron chi connectivity index (χ0n) is 20.3. The molecule has 0 bridgehead atoms. The molecule has 0 spiro atoms. The van der Waals surface area contributed by atoms with E-state index in [1.165, 1.54) is 15.6 Å². The van der Waals surface area contributed by atoms with Crippen molar-refractivity contribution in [1.82, 2.24) is 24.6 Å². The van der Waals surface area contributed by atoms with Crippen molar-refractivity contribution in [2.45, 2.75) is 12.6 Å². The first-order chi connectivity index (χ1) is 17.6. The van der Waals surface area contributed by atoms with Gasteiger partial charge in [0.1, 0.15) is 12.4 Å². The Kier molecular flexibility index (Phi) is 6.95. The summed E-state index contributed by atoms with van der Waals surface area (Å²) >= 11 is 0. The van der Waals surface area contributed by atoms with Crippen LogP contribution in [0.5, 0.6) is 0 Å². The number of piperazine rings is 1. The quantitative estimate of drug-likeness (QED) is 0.439. The summed E-state index contributed by atoms with van der Waals surface area (Å²) in [5.41, 5.74) is 3.80. The zero-order valence-corrected chi connectivity index (χ0v) is 20.3. The number of aryl methyl sites for hydroxylation is 1. The van der Waals surface area contributed by atoms with Gasteiger partial charge in [-0.05, 0) is 35.4 Å². The molecule has 1 amide bonds. The molecule has 8 nitrogen and oxygen atoms in total. The van der Waals surface area contributed by atoms with Gasteiger partial charge in [-0.3, -0.25) is 9.69 Å². The molecule has 184 valence electrons. The first kappa shape index (κ1) is 23.6.